The van der Waals surface area contributed by atoms with Gasteiger partial charge in [-0.2, -0.15) is 0 Å². The van der Waals surface area contributed by atoms with Gasteiger partial charge in [0.15, 0.2) is 0 Å². The van der Waals surface area contributed by atoms with Gasteiger partial charge in [-0.1, -0.05) is 20.8 Å². The predicted molar refractivity (Wildman–Crippen MR) is 107 cm³/mol. The monoisotopic (exact) mass is 354 g/mol. The van der Waals surface area contributed by atoms with Crippen molar-refractivity contribution in [2.45, 2.75) is 65.8 Å². The topological polar surface area (TPSA) is 50.7 Å². The Morgan fingerprint density at radius 3 is 2.72 bits per heavy atom. The average Bonchev–Trinajstić information content (AvgIpc) is 3.18. The maximum Gasteiger partial charge on any atom is 0.147 e. The van der Waals surface area contributed by atoms with E-state index in [0.29, 0.717) is 12.0 Å². The Balaban J connectivity index is 1.95. The summed E-state index contributed by atoms with van der Waals surface area (Å²) in [6, 6.07) is 0.401. The summed E-state index contributed by atoms with van der Waals surface area (Å²) in [6.07, 6.45) is 7.40. The van der Waals surface area contributed by atoms with Gasteiger partial charge in [0, 0.05) is 17.1 Å². The number of aryl methyl sites for hydroxylation is 1. The fraction of sp³-hybridized carbons (Fsp3) is 0.550. The number of rotatable bonds is 5. The molecule has 0 unspecified atom stereocenters. The SMILES string of the molecule is CC[C@H](C)Nc1ncnc2c1sc1nc(CC(C)C)c3c(c12)CCC3. The first-order valence-corrected chi connectivity index (χ1v) is 10.2. The number of thiophene rings is 1. The molecule has 0 amide bonds. The highest BCUT2D eigenvalue weighted by Crippen LogP contribution is 2.41. The van der Waals surface area contributed by atoms with Crippen LogP contribution in [0.2, 0.25) is 0 Å². The highest BCUT2D eigenvalue weighted by Gasteiger charge is 2.24. The highest BCUT2D eigenvalue weighted by molar-refractivity contribution is 7.26. The minimum absolute atomic E-state index is 0.401. The van der Waals surface area contributed by atoms with Crippen molar-refractivity contribution in [2.75, 3.05) is 5.32 Å². The van der Waals surface area contributed by atoms with Gasteiger partial charge in [0.2, 0.25) is 0 Å². The van der Waals surface area contributed by atoms with Crippen molar-refractivity contribution in [2.24, 2.45) is 5.92 Å². The van der Waals surface area contributed by atoms with Crippen LogP contribution in [0.15, 0.2) is 6.33 Å². The first-order valence-electron chi connectivity index (χ1n) is 9.42. The molecule has 4 nitrogen and oxygen atoms in total. The van der Waals surface area contributed by atoms with Gasteiger partial charge in [-0.15, -0.1) is 11.3 Å². The fourth-order valence-corrected chi connectivity index (χ4v) is 4.90. The van der Waals surface area contributed by atoms with E-state index in [1.54, 1.807) is 17.7 Å². The summed E-state index contributed by atoms with van der Waals surface area (Å²) in [4.78, 5) is 15.4. The molecule has 3 aromatic rings. The molecule has 4 rings (SSSR count). The van der Waals surface area contributed by atoms with E-state index in [9.17, 15) is 0 Å². The van der Waals surface area contributed by atoms with Crippen LogP contribution in [0.4, 0.5) is 5.82 Å². The van der Waals surface area contributed by atoms with Gasteiger partial charge < -0.3 is 5.32 Å². The number of hydrogen-bond donors (Lipinski definition) is 1. The largest absolute Gasteiger partial charge is 0.366 e. The van der Waals surface area contributed by atoms with Gasteiger partial charge in [0.05, 0.1) is 10.2 Å². The lowest BCUT2D eigenvalue weighted by molar-refractivity contribution is 0.632. The maximum atomic E-state index is 5.09. The molecule has 0 radical (unpaired) electrons. The molecule has 1 atom stereocenters. The van der Waals surface area contributed by atoms with Gasteiger partial charge in [-0.3, -0.25) is 0 Å². The minimum Gasteiger partial charge on any atom is -0.366 e. The zero-order valence-electron chi connectivity index (χ0n) is 15.5. The molecule has 0 saturated heterocycles. The van der Waals surface area contributed by atoms with Crippen LogP contribution in [-0.2, 0) is 19.3 Å². The molecular formula is C20H26N4S. The Labute approximate surface area is 153 Å². The molecule has 0 spiro atoms. The smallest absolute Gasteiger partial charge is 0.147 e. The van der Waals surface area contributed by atoms with Crippen molar-refractivity contribution < 1.29 is 0 Å². The molecule has 3 heterocycles. The van der Waals surface area contributed by atoms with Crippen LogP contribution in [0.25, 0.3) is 20.4 Å². The summed E-state index contributed by atoms with van der Waals surface area (Å²) in [5.74, 6) is 1.59. The van der Waals surface area contributed by atoms with E-state index in [1.165, 1.54) is 35.0 Å². The fourth-order valence-electron chi connectivity index (χ4n) is 3.77. The first kappa shape index (κ1) is 16.7. The molecule has 1 N–H and O–H groups in total. The van der Waals surface area contributed by atoms with E-state index in [-0.39, 0.29) is 0 Å². The van der Waals surface area contributed by atoms with Gasteiger partial charge in [-0.05, 0) is 56.1 Å². The van der Waals surface area contributed by atoms with Crippen molar-refractivity contribution >= 4 is 37.6 Å². The Hall–Kier alpha value is -1.75. The van der Waals surface area contributed by atoms with E-state index in [1.807, 2.05) is 0 Å². The van der Waals surface area contributed by atoms with Gasteiger partial charge >= 0.3 is 0 Å². The van der Waals surface area contributed by atoms with Crippen LogP contribution in [0, 0.1) is 5.92 Å². The van der Waals surface area contributed by atoms with E-state index < -0.39 is 0 Å². The third kappa shape index (κ3) is 2.88. The molecule has 0 fully saturated rings. The quantitative estimate of drug-likeness (QED) is 0.689. The molecule has 25 heavy (non-hydrogen) atoms. The molecule has 0 aliphatic heterocycles. The number of hydrogen-bond acceptors (Lipinski definition) is 5. The normalized spacial score (nSPS) is 15.2. The number of anilines is 1. The lowest BCUT2D eigenvalue weighted by Crippen LogP contribution is -2.14. The number of aromatic nitrogens is 3. The number of pyridine rings is 1. The third-order valence-corrected chi connectivity index (χ3v) is 6.23. The number of fused-ring (bicyclic) bond motifs is 5. The number of nitrogens with zero attached hydrogens (tertiary/aromatic N) is 3. The zero-order chi connectivity index (χ0) is 17.6. The van der Waals surface area contributed by atoms with Crippen LogP contribution < -0.4 is 5.32 Å². The standard InChI is InChI=1S/C20H26N4S/c1-5-12(4)23-19-18-17(21-10-22-19)16-14-8-6-7-13(14)15(9-11(2)3)24-20(16)25-18/h10-12H,5-9H2,1-4H3,(H,21,22,23)/t12-/m0/s1. The van der Waals surface area contributed by atoms with Crippen molar-refractivity contribution in [3.8, 4) is 0 Å². The summed E-state index contributed by atoms with van der Waals surface area (Å²) in [6.45, 7) is 8.93. The Bertz CT molecular complexity index is 928. The molecule has 0 bridgehead atoms. The van der Waals surface area contributed by atoms with Gasteiger partial charge in [0.1, 0.15) is 17.0 Å². The number of nitrogens with one attached hydrogen (secondary N) is 1. The second kappa shape index (κ2) is 6.52. The molecule has 132 valence electrons. The van der Waals surface area contributed by atoms with Gasteiger partial charge in [0.25, 0.3) is 0 Å². The molecule has 5 heteroatoms. The van der Waals surface area contributed by atoms with E-state index in [4.69, 9.17) is 4.98 Å². The van der Waals surface area contributed by atoms with Crippen LogP contribution in [0.5, 0.6) is 0 Å². The summed E-state index contributed by atoms with van der Waals surface area (Å²) in [7, 11) is 0. The first-order chi connectivity index (χ1) is 12.1. The van der Waals surface area contributed by atoms with E-state index >= 15 is 0 Å². The summed E-state index contributed by atoms with van der Waals surface area (Å²) in [5, 5.41) is 4.83. The Morgan fingerprint density at radius 1 is 1.16 bits per heavy atom. The average molecular weight is 355 g/mol. The second-order valence-electron chi connectivity index (χ2n) is 7.60. The van der Waals surface area contributed by atoms with Crippen LogP contribution in [0.1, 0.15) is 57.4 Å². The van der Waals surface area contributed by atoms with Crippen molar-refractivity contribution in [3.63, 3.8) is 0 Å². The lowest BCUT2D eigenvalue weighted by atomic mass is 9.99. The summed E-state index contributed by atoms with van der Waals surface area (Å²) < 4.78 is 1.15. The lowest BCUT2D eigenvalue weighted by Gasteiger charge is -2.12. The minimum atomic E-state index is 0.401. The maximum absolute atomic E-state index is 5.09. The second-order valence-corrected chi connectivity index (χ2v) is 8.60. The Morgan fingerprint density at radius 2 is 1.96 bits per heavy atom. The van der Waals surface area contributed by atoms with Gasteiger partial charge in [-0.25, -0.2) is 15.0 Å². The zero-order valence-corrected chi connectivity index (χ0v) is 16.3. The van der Waals surface area contributed by atoms with Crippen LogP contribution in [0.3, 0.4) is 0 Å². The summed E-state index contributed by atoms with van der Waals surface area (Å²) >= 11 is 1.75. The molecule has 1 aliphatic rings. The molecule has 3 aromatic heterocycles. The van der Waals surface area contributed by atoms with E-state index in [0.717, 1.165) is 40.1 Å². The molecule has 1 aliphatic carbocycles. The van der Waals surface area contributed by atoms with Crippen molar-refractivity contribution in [1.29, 1.82) is 0 Å². The Kier molecular flexibility index (Phi) is 4.36. The van der Waals surface area contributed by atoms with Crippen molar-refractivity contribution in [3.05, 3.63) is 23.1 Å². The predicted octanol–water partition coefficient (Wildman–Crippen LogP) is 5.14. The molecule has 0 aromatic carbocycles. The molecular weight excluding hydrogens is 328 g/mol. The third-order valence-electron chi connectivity index (χ3n) is 5.15. The molecule has 0 saturated carbocycles. The van der Waals surface area contributed by atoms with Crippen LogP contribution >= 0.6 is 11.3 Å². The highest BCUT2D eigenvalue weighted by atomic mass is 32.1. The van der Waals surface area contributed by atoms with E-state index in [2.05, 4.69) is 43.0 Å². The van der Waals surface area contributed by atoms with Crippen LogP contribution in [-0.4, -0.2) is 21.0 Å². The summed E-state index contributed by atoms with van der Waals surface area (Å²) in [5.41, 5.74) is 5.39. The van der Waals surface area contributed by atoms with Crippen molar-refractivity contribution in [1.82, 2.24) is 15.0 Å².